The van der Waals surface area contributed by atoms with E-state index in [9.17, 15) is 0 Å². The predicted molar refractivity (Wildman–Crippen MR) is 317 cm³/mol. The molecule has 4 aromatic heterocycles. The summed E-state index contributed by atoms with van der Waals surface area (Å²) in [4.78, 5) is 11.7. The van der Waals surface area contributed by atoms with E-state index >= 15 is 0 Å². The number of benzene rings is 9. The molecule has 0 amide bonds. The normalized spacial score (nSPS) is 16.4. The summed E-state index contributed by atoms with van der Waals surface area (Å²) in [5, 5.41) is 12.6. The fraction of sp³-hybridized carbons (Fsp3) is 0.0725. The summed E-state index contributed by atoms with van der Waals surface area (Å²) in [7, 11) is 0. The molecule has 5 heterocycles. The Kier molecular flexibility index (Phi) is 9.52. The predicted octanol–water partition coefficient (Wildman–Crippen LogP) is 16.7. The molecule has 0 spiro atoms. The Labute approximate surface area is 438 Å². The van der Waals surface area contributed by atoms with E-state index in [0.717, 1.165) is 74.8 Å². The number of aromatic nitrogens is 4. The van der Waals surface area contributed by atoms with Crippen LogP contribution in [0.3, 0.4) is 0 Å². The largest absolute Gasteiger partial charge is 0.331 e. The Morgan fingerprint density at radius 1 is 0.434 bits per heavy atom. The van der Waals surface area contributed by atoms with Gasteiger partial charge < -0.3 is 19.0 Å². The molecule has 76 heavy (non-hydrogen) atoms. The van der Waals surface area contributed by atoms with E-state index in [2.05, 4.69) is 266 Å². The van der Waals surface area contributed by atoms with Gasteiger partial charge in [-0.15, -0.1) is 0 Å². The van der Waals surface area contributed by atoms with Crippen molar-refractivity contribution >= 4 is 94.2 Å². The lowest BCUT2D eigenvalue weighted by Gasteiger charge is -2.28. The highest BCUT2D eigenvalue weighted by atomic mass is 15.4. The first-order valence-corrected chi connectivity index (χ1v) is 26.5. The molecular weight excluding hydrogens is 927 g/mol. The number of rotatable bonds is 6. The number of hydrogen-bond donors (Lipinski definition) is 1. The van der Waals surface area contributed by atoms with Crippen molar-refractivity contribution in [3.05, 3.63) is 253 Å². The van der Waals surface area contributed by atoms with Gasteiger partial charge in [0.2, 0.25) is 12.2 Å². The molecule has 2 unspecified atom stereocenters. The van der Waals surface area contributed by atoms with Crippen molar-refractivity contribution in [2.24, 2.45) is 9.98 Å². The van der Waals surface area contributed by atoms with Crippen LogP contribution in [0.5, 0.6) is 0 Å². The van der Waals surface area contributed by atoms with Gasteiger partial charge in [0.25, 0.3) is 0 Å². The van der Waals surface area contributed by atoms with Crippen LogP contribution in [0.15, 0.2) is 247 Å². The highest BCUT2D eigenvalue weighted by molar-refractivity contribution is 6.26. The molecule has 2 aliphatic carbocycles. The average Bonchev–Trinajstić information content (AvgIpc) is 4.23. The van der Waals surface area contributed by atoms with Crippen molar-refractivity contribution in [1.29, 1.82) is 0 Å². The lowest BCUT2D eigenvalue weighted by Crippen LogP contribution is -2.40. The second-order valence-corrected chi connectivity index (χ2v) is 20.4. The minimum atomic E-state index is -0.610. The molecule has 7 heteroatoms. The molecule has 13 aromatic rings. The second kappa shape index (κ2) is 16.9. The van der Waals surface area contributed by atoms with Gasteiger partial charge in [0.05, 0.1) is 39.1 Å². The standard InChI is InChI=1S/C69H49N7/c1-5-21-44(22-6-1)46-41-47(45-23-7-2-8-24-45)43-48(42-46)67-70-68(75-61-35-19-15-31-53(61)57-39-37-55-51-29-13-17-33-59(51)73(63(55)65(57)75)49-25-9-3-10-26-49)72-69(71-67)76-62-36-20-16-32-54(62)58-40-38-56-52-30-14-18-34-60(52)74(64(56)66(58)76)50-27-11-4-12-28-50/h1-19,21-25,27-35,37-43,49,69H,20,26,36H2,(H,70,71,72). The topological polar surface area (TPSA) is 56.5 Å². The molecule has 9 aromatic carbocycles. The first-order valence-electron chi connectivity index (χ1n) is 26.5. The monoisotopic (exact) mass is 975 g/mol. The van der Waals surface area contributed by atoms with Gasteiger partial charge in [0, 0.05) is 65.7 Å². The third-order valence-corrected chi connectivity index (χ3v) is 16.2. The van der Waals surface area contributed by atoms with Crippen molar-refractivity contribution < 1.29 is 0 Å². The first kappa shape index (κ1) is 42.8. The highest BCUT2D eigenvalue weighted by Gasteiger charge is 2.32. The van der Waals surface area contributed by atoms with Crippen LogP contribution in [-0.2, 0) is 6.42 Å². The van der Waals surface area contributed by atoms with E-state index in [1.165, 1.54) is 65.5 Å². The number of fused-ring (bicyclic) bond motifs is 14. The van der Waals surface area contributed by atoms with Crippen molar-refractivity contribution in [2.45, 2.75) is 31.6 Å². The van der Waals surface area contributed by atoms with Crippen LogP contribution in [0.2, 0.25) is 0 Å². The summed E-state index contributed by atoms with van der Waals surface area (Å²) in [6.45, 7) is 0. The van der Waals surface area contributed by atoms with Gasteiger partial charge >= 0.3 is 0 Å². The van der Waals surface area contributed by atoms with Gasteiger partial charge in [0.15, 0.2) is 5.84 Å². The minimum absolute atomic E-state index is 0.123. The summed E-state index contributed by atoms with van der Waals surface area (Å²) in [5.41, 5.74) is 17.1. The third-order valence-electron chi connectivity index (χ3n) is 16.2. The summed E-state index contributed by atoms with van der Waals surface area (Å²) >= 11 is 0. The molecule has 7 nitrogen and oxygen atoms in total. The van der Waals surface area contributed by atoms with E-state index < -0.39 is 6.29 Å². The Morgan fingerprint density at radius 2 is 0.974 bits per heavy atom. The van der Waals surface area contributed by atoms with Crippen LogP contribution < -0.4 is 5.32 Å². The fourth-order valence-electron chi connectivity index (χ4n) is 12.9. The average molecular weight is 976 g/mol. The summed E-state index contributed by atoms with van der Waals surface area (Å²) in [6.07, 6.45) is 15.8. The molecule has 0 bridgehead atoms. The number of allylic oxidation sites excluding steroid dienone is 5. The first-order chi connectivity index (χ1) is 37.7. The van der Waals surface area contributed by atoms with Gasteiger partial charge in [-0.3, -0.25) is 4.57 Å². The Hall–Kier alpha value is -9.72. The molecule has 0 fully saturated rings. The highest BCUT2D eigenvalue weighted by Crippen LogP contribution is 2.45. The minimum Gasteiger partial charge on any atom is -0.331 e. The molecule has 0 radical (unpaired) electrons. The molecular formula is C69H49N7. The van der Waals surface area contributed by atoms with E-state index in [4.69, 9.17) is 9.98 Å². The molecule has 1 aliphatic heterocycles. The van der Waals surface area contributed by atoms with Crippen LogP contribution in [0.25, 0.3) is 110 Å². The number of amidine groups is 1. The van der Waals surface area contributed by atoms with Gasteiger partial charge in [-0.05, 0) is 90.0 Å². The van der Waals surface area contributed by atoms with Gasteiger partial charge in [0.1, 0.15) is 0 Å². The number of nitrogens with zero attached hydrogens (tertiary/aromatic N) is 6. The van der Waals surface area contributed by atoms with Gasteiger partial charge in [-0.1, -0.05) is 194 Å². The maximum atomic E-state index is 5.91. The molecule has 3 aliphatic rings. The van der Waals surface area contributed by atoms with Crippen molar-refractivity contribution in [1.82, 2.24) is 23.6 Å². The second-order valence-electron chi connectivity index (χ2n) is 20.4. The third kappa shape index (κ3) is 6.42. The molecule has 1 N–H and O–H groups in total. The SMILES string of the molecule is C1=CCC(n2c3ccccc3c3ccc4c5ccccc5n(C5=NC(c6cc(-c7ccccc7)cc(-c7ccccc7)c6)=NC(n6c7c(c8ccc9c%10ccccc%10n(-c%10ccccc%10)c9c86)C=CCC7)N5)c4c32)C=C1. The zero-order valence-electron chi connectivity index (χ0n) is 41.6. The summed E-state index contributed by atoms with van der Waals surface area (Å²) < 4.78 is 9.99. The van der Waals surface area contributed by atoms with E-state index in [0.29, 0.717) is 11.8 Å². The zero-order valence-corrected chi connectivity index (χ0v) is 41.6. The van der Waals surface area contributed by atoms with Crippen LogP contribution in [0.1, 0.15) is 42.0 Å². The lowest BCUT2D eigenvalue weighted by atomic mass is 9.95. The van der Waals surface area contributed by atoms with Crippen LogP contribution >= 0.6 is 0 Å². The lowest BCUT2D eigenvalue weighted by molar-refractivity contribution is 0.481. The zero-order chi connectivity index (χ0) is 49.8. The van der Waals surface area contributed by atoms with Crippen molar-refractivity contribution in [3.63, 3.8) is 0 Å². The number of nitrogens with one attached hydrogen (secondary N) is 1. The smallest absolute Gasteiger partial charge is 0.213 e. The van der Waals surface area contributed by atoms with Crippen LogP contribution in [-0.4, -0.2) is 30.1 Å². The van der Waals surface area contributed by atoms with E-state index in [1.807, 2.05) is 0 Å². The molecule has 2 atom stereocenters. The fourth-order valence-corrected chi connectivity index (χ4v) is 12.9. The summed E-state index contributed by atoms with van der Waals surface area (Å²) in [6, 6.07) is 75.2. The van der Waals surface area contributed by atoms with E-state index in [1.54, 1.807) is 0 Å². The van der Waals surface area contributed by atoms with Gasteiger partial charge in [-0.25, -0.2) is 4.99 Å². The Morgan fingerprint density at radius 3 is 1.63 bits per heavy atom. The Balaban J connectivity index is 1.03. The quantitative estimate of drug-likeness (QED) is 0.177. The molecule has 360 valence electrons. The van der Waals surface area contributed by atoms with E-state index in [-0.39, 0.29) is 6.04 Å². The number of para-hydroxylation sites is 4. The maximum Gasteiger partial charge on any atom is 0.213 e. The van der Waals surface area contributed by atoms with Crippen molar-refractivity contribution in [3.8, 4) is 27.9 Å². The molecule has 16 rings (SSSR count). The number of hydrogen-bond acceptors (Lipinski definition) is 3. The van der Waals surface area contributed by atoms with Crippen LogP contribution in [0.4, 0.5) is 0 Å². The summed E-state index contributed by atoms with van der Waals surface area (Å²) in [5.74, 6) is 1.37. The maximum absolute atomic E-state index is 5.91. The van der Waals surface area contributed by atoms with Crippen molar-refractivity contribution in [2.75, 3.05) is 0 Å². The van der Waals surface area contributed by atoms with Gasteiger partial charge in [-0.2, -0.15) is 4.99 Å². The molecule has 0 saturated heterocycles. The number of aliphatic imine (C=N–C) groups is 2. The Bertz CT molecular complexity index is 4630. The molecule has 0 saturated carbocycles. The van der Waals surface area contributed by atoms with Crippen LogP contribution in [0, 0.1) is 0 Å².